The minimum Gasteiger partial charge on any atom is -0.465 e. The van der Waals surface area contributed by atoms with Crippen LogP contribution in [0.1, 0.15) is 16.8 Å². The van der Waals surface area contributed by atoms with Gasteiger partial charge in [0, 0.05) is 10.7 Å². The molecule has 0 spiro atoms. The van der Waals surface area contributed by atoms with Gasteiger partial charge in [-0.1, -0.05) is 23.7 Å². The van der Waals surface area contributed by atoms with Gasteiger partial charge in [-0.2, -0.15) is 0 Å². The van der Waals surface area contributed by atoms with Crippen LogP contribution in [0.15, 0.2) is 48.5 Å². The normalized spacial score (nSPS) is 9.92. The number of anilines is 2. The summed E-state index contributed by atoms with van der Waals surface area (Å²) in [5, 5.41) is 5.66. The van der Waals surface area contributed by atoms with Crippen LogP contribution in [0, 0.1) is 0 Å². The molecule has 0 aliphatic carbocycles. The minimum atomic E-state index is -0.573. The molecule has 2 aromatic carbocycles. The predicted molar refractivity (Wildman–Crippen MR) is 91.1 cm³/mol. The zero-order chi connectivity index (χ0) is 17.5. The molecule has 0 saturated carbocycles. The summed E-state index contributed by atoms with van der Waals surface area (Å²) in [4.78, 5) is 35.5. The molecule has 2 amide bonds. The molecule has 0 bridgehead atoms. The molecular formula is C17H15ClN2O4. The first-order chi connectivity index (χ1) is 11.5. The molecule has 0 fully saturated rings. The van der Waals surface area contributed by atoms with Crippen molar-refractivity contribution in [2.45, 2.75) is 6.42 Å². The third-order valence-electron chi connectivity index (χ3n) is 3.06. The van der Waals surface area contributed by atoms with E-state index in [-0.39, 0.29) is 11.3 Å². The van der Waals surface area contributed by atoms with Crippen LogP contribution in [0.5, 0.6) is 0 Å². The van der Waals surface area contributed by atoms with E-state index < -0.39 is 24.2 Å². The maximum atomic E-state index is 12.0. The van der Waals surface area contributed by atoms with Gasteiger partial charge in [-0.3, -0.25) is 9.59 Å². The quantitative estimate of drug-likeness (QED) is 0.643. The van der Waals surface area contributed by atoms with E-state index in [2.05, 4.69) is 15.4 Å². The number of methoxy groups -OCH3 is 1. The zero-order valence-corrected chi connectivity index (χ0v) is 13.6. The third-order valence-corrected chi connectivity index (χ3v) is 3.31. The van der Waals surface area contributed by atoms with Crippen molar-refractivity contribution >= 4 is 40.8 Å². The van der Waals surface area contributed by atoms with Crippen LogP contribution in [0.2, 0.25) is 5.02 Å². The number of para-hydroxylation sites is 1. The number of carbonyl (C=O) groups excluding carboxylic acids is 3. The van der Waals surface area contributed by atoms with Crippen LogP contribution in [0.4, 0.5) is 11.4 Å². The van der Waals surface area contributed by atoms with Gasteiger partial charge < -0.3 is 15.4 Å². The summed E-state index contributed by atoms with van der Waals surface area (Å²) < 4.78 is 4.65. The number of carbonyl (C=O) groups is 3. The Morgan fingerprint density at radius 2 is 1.58 bits per heavy atom. The van der Waals surface area contributed by atoms with E-state index in [0.717, 1.165) is 0 Å². The van der Waals surface area contributed by atoms with Gasteiger partial charge in [0.05, 0.1) is 18.4 Å². The van der Waals surface area contributed by atoms with Gasteiger partial charge in [0.2, 0.25) is 11.8 Å². The zero-order valence-electron chi connectivity index (χ0n) is 12.8. The SMILES string of the molecule is COC(=O)c1ccccc1NC(=O)CC(=O)Nc1ccc(Cl)cc1. The Bertz CT molecular complexity index is 759. The number of amides is 2. The largest absolute Gasteiger partial charge is 0.465 e. The van der Waals surface area contributed by atoms with E-state index in [4.69, 9.17) is 11.6 Å². The molecule has 2 rings (SSSR count). The summed E-state index contributed by atoms with van der Waals surface area (Å²) in [7, 11) is 1.25. The first-order valence-electron chi connectivity index (χ1n) is 7.02. The summed E-state index contributed by atoms with van der Waals surface area (Å²) in [6.45, 7) is 0. The Morgan fingerprint density at radius 3 is 2.25 bits per heavy atom. The van der Waals surface area contributed by atoms with Gasteiger partial charge in [0.15, 0.2) is 0 Å². The van der Waals surface area contributed by atoms with E-state index in [1.54, 1.807) is 42.5 Å². The molecule has 0 atom stereocenters. The lowest BCUT2D eigenvalue weighted by molar-refractivity contribution is -0.123. The molecule has 0 heterocycles. The average molecular weight is 347 g/mol. The van der Waals surface area contributed by atoms with E-state index in [0.29, 0.717) is 10.7 Å². The fourth-order valence-corrected chi connectivity index (χ4v) is 2.08. The molecule has 6 nitrogen and oxygen atoms in total. The molecule has 0 radical (unpaired) electrons. The van der Waals surface area contributed by atoms with Crippen molar-refractivity contribution in [3.63, 3.8) is 0 Å². The van der Waals surface area contributed by atoms with Crippen LogP contribution in [-0.2, 0) is 14.3 Å². The van der Waals surface area contributed by atoms with Gasteiger partial charge >= 0.3 is 5.97 Å². The average Bonchev–Trinajstić information content (AvgIpc) is 2.56. The van der Waals surface area contributed by atoms with Crippen molar-refractivity contribution in [3.05, 3.63) is 59.1 Å². The number of hydrogen-bond acceptors (Lipinski definition) is 4. The number of nitrogens with one attached hydrogen (secondary N) is 2. The van der Waals surface area contributed by atoms with Crippen LogP contribution in [-0.4, -0.2) is 24.9 Å². The third kappa shape index (κ3) is 4.82. The maximum Gasteiger partial charge on any atom is 0.339 e. The van der Waals surface area contributed by atoms with Crippen molar-refractivity contribution in [2.75, 3.05) is 17.7 Å². The van der Waals surface area contributed by atoms with Crippen molar-refractivity contribution in [2.24, 2.45) is 0 Å². The fraction of sp³-hybridized carbons (Fsp3) is 0.118. The Morgan fingerprint density at radius 1 is 0.958 bits per heavy atom. The second-order valence-electron chi connectivity index (χ2n) is 4.82. The van der Waals surface area contributed by atoms with Crippen molar-refractivity contribution in [1.29, 1.82) is 0 Å². The van der Waals surface area contributed by atoms with Crippen LogP contribution in [0.3, 0.4) is 0 Å². The van der Waals surface area contributed by atoms with Crippen LogP contribution in [0.25, 0.3) is 0 Å². The number of benzene rings is 2. The number of rotatable bonds is 5. The lowest BCUT2D eigenvalue weighted by atomic mass is 10.1. The van der Waals surface area contributed by atoms with Gasteiger partial charge in [0.1, 0.15) is 6.42 Å². The Kier molecular flexibility index (Phi) is 5.92. The second kappa shape index (κ2) is 8.12. The first kappa shape index (κ1) is 17.5. The molecular weight excluding hydrogens is 332 g/mol. The summed E-state index contributed by atoms with van der Waals surface area (Å²) in [5.74, 6) is -1.60. The number of halogens is 1. The van der Waals surface area contributed by atoms with E-state index in [1.807, 2.05) is 0 Å². The lowest BCUT2D eigenvalue weighted by Crippen LogP contribution is -2.22. The molecule has 0 aliphatic rings. The summed E-state index contributed by atoms with van der Waals surface area (Å²) in [6.07, 6.45) is -0.391. The minimum absolute atomic E-state index is 0.214. The van der Waals surface area contributed by atoms with E-state index in [9.17, 15) is 14.4 Å². The smallest absolute Gasteiger partial charge is 0.339 e. The maximum absolute atomic E-state index is 12.0. The molecule has 24 heavy (non-hydrogen) atoms. The molecule has 0 unspecified atom stereocenters. The van der Waals surface area contributed by atoms with Crippen LogP contribution < -0.4 is 10.6 Å². The Labute approximate surface area is 143 Å². The van der Waals surface area contributed by atoms with Crippen molar-refractivity contribution in [1.82, 2.24) is 0 Å². The molecule has 0 saturated heterocycles. The van der Waals surface area contributed by atoms with Gasteiger partial charge in [-0.05, 0) is 36.4 Å². The Hall–Kier alpha value is -2.86. The molecule has 7 heteroatoms. The highest BCUT2D eigenvalue weighted by Gasteiger charge is 2.15. The van der Waals surface area contributed by atoms with Crippen LogP contribution >= 0.6 is 11.6 Å². The van der Waals surface area contributed by atoms with E-state index in [1.165, 1.54) is 13.2 Å². The van der Waals surface area contributed by atoms with Crippen molar-refractivity contribution < 1.29 is 19.1 Å². The molecule has 0 aromatic heterocycles. The fourth-order valence-electron chi connectivity index (χ4n) is 1.96. The Balaban J connectivity index is 1.97. The summed E-state index contributed by atoms with van der Waals surface area (Å²) in [6, 6.07) is 12.9. The summed E-state index contributed by atoms with van der Waals surface area (Å²) in [5.41, 5.74) is 1.03. The number of esters is 1. The highest BCUT2D eigenvalue weighted by atomic mass is 35.5. The topological polar surface area (TPSA) is 84.5 Å². The predicted octanol–water partition coefficient (Wildman–Crippen LogP) is 3.09. The second-order valence-corrected chi connectivity index (χ2v) is 5.25. The standard InChI is InChI=1S/C17H15ClN2O4/c1-24-17(23)13-4-2-3-5-14(13)20-16(22)10-15(21)19-12-8-6-11(18)7-9-12/h2-9H,10H2,1H3,(H,19,21)(H,20,22). The molecule has 124 valence electrons. The first-order valence-corrected chi connectivity index (χ1v) is 7.40. The van der Waals surface area contributed by atoms with E-state index >= 15 is 0 Å². The lowest BCUT2D eigenvalue weighted by Gasteiger charge is -2.10. The molecule has 0 aliphatic heterocycles. The van der Waals surface area contributed by atoms with Crippen molar-refractivity contribution in [3.8, 4) is 0 Å². The molecule has 2 N–H and O–H groups in total. The highest BCUT2D eigenvalue weighted by molar-refractivity contribution is 6.30. The van der Waals surface area contributed by atoms with Gasteiger partial charge in [-0.15, -0.1) is 0 Å². The molecule has 2 aromatic rings. The monoisotopic (exact) mass is 346 g/mol. The van der Waals surface area contributed by atoms with Gasteiger partial charge in [-0.25, -0.2) is 4.79 Å². The number of hydrogen-bond donors (Lipinski definition) is 2. The van der Waals surface area contributed by atoms with Gasteiger partial charge in [0.25, 0.3) is 0 Å². The number of ether oxygens (including phenoxy) is 1. The summed E-state index contributed by atoms with van der Waals surface area (Å²) >= 11 is 5.76. The highest BCUT2D eigenvalue weighted by Crippen LogP contribution is 2.17.